The molecule has 1 aromatic carbocycles. The third kappa shape index (κ3) is 3.74. The number of rotatable bonds is 4. The Morgan fingerprint density at radius 2 is 1.52 bits per heavy atom. The molecular weight excluding hydrogens is 258 g/mol. The Bertz CT molecular complexity index is 487. The van der Waals surface area contributed by atoms with Gasteiger partial charge in [0.25, 0.3) is 0 Å². The lowest BCUT2D eigenvalue weighted by atomic mass is 9.85. The number of hydrogen-bond donors (Lipinski definition) is 0. The number of hydrogen-bond acceptors (Lipinski definition) is 2. The molecule has 0 atom stereocenters. The van der Waals surface area contributed by atoms with Crippen LogP contribution in [-0.4, -0.2) is 29.3 Å². The van der Waals surface area contributed by atoms with Gasteiger partial charge in [0.15, 0.2) is 5.78 Å². The molecule has 0 aliphatic carbocycles. The normalized spacial score (nSPS) is 17.2. The van der Waals surface area contributed by atoms with E-state index in [2.05, 4.69) is 63.8 Å². The molecule has 2 rings (SSSR count). The van der Waals surface area contributed by atoms with Crippen LogP contribution in [0.1, 0.15) is 58.6 Å². The first kappa shape index (κ1) is 16.2. The summed E-state index contributed by atoms with van der Waals surface area (Å²) in [6.07, 6.45) is 2.97. The van der Waals surface area contributed by atoms with Crippen LogP contribution in [0.2, 0.25) is 0 Å². The second-order valence-electron chi connectivity index (χ2n) is 7.80. The first-order valence-corrected chi connectivity index (χ1v) is 8.09. The number of carbonyl (C=O) groups excluding carboxylic acids is 1. The maximum atomic E-state index is 12.7. The van der Waals surface area contributed by atoms with E-state index in [4.69, 9.17) is 0 Å². The van der Waals surface area contributed by atoms with Gasteiger partial charge in [-0.2, -0.15) is 0 Å². The van der Waals surface area contributed by atoms with Crippen molar-refractivity contribution in [1.29, 1.82) is 0 Å². The van der Waals surface area contributed by atoms with Crippen molar-refractivity contribution in [2.24, 2.45) is 0 Å². The lowest BCUT2D eigenvalue weighted by Crippen LogP contribution is -2.49. The molecule has 1 fully saturated rings. The van der Waals surface area contributed by atoms with Gasteiger partial charge >= 0.3 is 0 Å². The molecule has 0 spiro atoms. The fraction of sp³-hybridized carbons (Fsp3) is 0.632. The summed E-state index contributed by atoms with van der Waals surface area (Å²) >= 11 is 0. The molecule has 1 heterocycles. The van der Waals surface area contributed by atoms with Gasteiger partial charge in [0, 0.05) is 6.42 Å². The van der Waals surface area contributed by atoms with Gasteiger partial charge in [-0.05, 0) is 56.3 Å². The Hall–Kier alpha value is -1.15. The van der Waals surface area contributed by atoms with E-state index in [0.717, 1.165) is 18.7 Å². The molecule has 0 unspecified atom stereocenters. The molecule has 0 aromatic heterocycles. The first-order chi connectivity index (χ1) is 9.71. The van der Waals surface area contributed by atoms with Crippen LogP contribution >= 0.6 is 0 Å². The summed E-state index contributed by atoms with van der Waals surface area (Å²) < 4.78 is 0. The number of nitrogens with zero attached hydrogens (tertiary/aromatic N) is 1. The lowest BCUT2D eigenvalue weighted by molar-refractivity contribution is -0.128. The molecule has 0 radical (unpaired) electrons. The Labute approximate surface area is 129 Å². The van der Waals surface area contributed by atoms with Gasteiger partial charge in [0.05, 0.1) is 5.54 Å². The Morgan fingerprint density at radius 1 is 1.00 bits per heavy atom. The predicted molar refractivity (Wildman–Crippen MR) is 88.7 cm³/mol. The molecule has 2 heteroatoms. The van der Waals surface area contributed by atoms with Crippen molar-refractivity contribution < 1.29 is 4.79 Å². The maximum Gasteiger partial charge on any atom is 0.156 e. The highest BCUT2D eigenvalue weighted by molar-refractivity contribution is 5.89. The van der Waals surface area contributed by atoms with Crippen LogP contribution in [0, 0.1) is 0 Å². The second-order valence-corrected chi connectivity index (χ2v) is 7.80. The number of Topliss-reactive ketones (excluding diaryl/α,β-unsaturated/α-hetero) is 1. The van der Waals surface area contributed by atoms with Crippen molar-refractivity contribution in [3.63, 3.8) is 0 Å². The van der Waals surface area contributed by atoms with Crippen LogP contribution in [0.15, 0.2) is 24.3 Å². The van der Waals surface area contributed by atoms with Crippen LogP contribution in [0.3, 0.4) is 0 Å². The van der Waals surface area contributed by atoms with Crippen molar-refractivity contribution in [1.82, 2.24) is 4.90 Å². The van der Waals surface area contributed by atoms with Crippen LogP contribution in [-0.2, 0) is 16.6 Å². The molecule has 1 aliphatic rings. The van der Waals surface area contributed by atoms with Gasteiger partial charge < -0.3 is 0 Å². The summed E-state index contributed by atoms with van der Waals surface area (Å²) in [7, 11) is 0. The van der Waals surface area contributed by atoms with Gasteiger partial charge in [0.2, 0.25) is 0 Å². The summed E-state index contributed by atoms with van der Waals surface area (Å²) in [6, 6.07) is 8.54. The number of ketones is 1. The lowest BCUT2D eigenvalue weighted by Gasteiger charge is -2.34. The number of carbonyl (C=O) groups is 1. The largest absolute Gasteiger partial charge is 0.297 e. The van der Waals surface area contributed by atoms with E-state index in [0.29, 0.717) is 12.2 Å². The fourth-order valence-electron chi connectivity index (χ4n) is 2.98. The minimum absolute atomic E-state index is 0.164. The Kier molecular flexibility index (Phi) is 4.57. The monoisotopic (exact) mass is 287 g/mol. The van der Waals surface area contributed by atoms with Gasteiger partial charge in [-0.3, -0.25) is 9.69 Å². The van der Waals surface area contributed by atoms with E-state index in [9.17, 15) is 4.79 Å². The van der Waals surface area contributed by atoms with Crippen molar-refractivity contribution in [2.45, 2.75) is 64.8 Å². The highest BCUT2D eigenvalue weighted by atomic mass is 16.1. The summed E-state index contributed by atoms with van der Waals surface area (Å²) in [5, 5.41) is 0. The minimum atomic E-state index is -0.334. The maximum absolute atomic E-state index is 12.7. The zero-order valence-electron chi connectivity index (χ0n) is 14.2. The summed E-state index contributed by atoms with van der Waals surface area (Å²) in [4.78, 5) is 15.0. The molecule has 1 aromatic rings. The molecule has 2 nitrogen and oxygen atoms in total. The van der Waals surface area contributed by atoms with Crippen molar-refractivity contribution in [3.8, 4) is 0 Å². The molecule has 0 amide bonds. The topological polar surface area (TPSA) is 20.3 Å². The molecule has 1 saturated heterocycles. The van der Waals surface area contributed by atoms with Gasteiger partial charge in [-0.15, -0.1) is 0 Å². The standard InChI is InChI=1S/C19H29NO/c1-18(2,3)16-10-8-15(9-11-16)14-17(21)19(4,5)20-12-6-7-13-20/h8-11H,6-7,12-14H2,1-5H3. The van der Waals surface area contributed by atoms with Crippen LogP contribution < -0.4 is 0 Å². The predicted octanol–water partition coefficient (Wildman–Crippen LogP) is 3.97. The van der Waals surface area contributed by atoms with Gasteiger partial charge in [0.1, 0.15) is 0 Å². The van der Waals surface area contributed by atoms with Crippen LogP contribution in [0.5, 0.6) is 0 Å². The highest BCUT2D eigenvalue weighted by Gasteiger charge is 2.35. The minimum Gasteiger partial charge on any atom is -0.297 e. The van der Waals surface area contributed by atoms with Crippen molar-refractivity contribution >= 4 is 5.78 Å². The molecule has 116 valence electrons. The molecule has 0 N–H and O–H groups in total. The quantitative estimate of drug-likeness (QED) is 0.835. The van der Waals surface area contributed by atoms with E-state index >= 15 is 0 Å². The van der Waals surface area contributed by atoms with E-state index in [1.54, 1.807) is 0 Å². The smallest absolute Gasteiger partial charge is 0.156 e. The zero-order chi connectivity index (χ0) is 15.7. The second kappa shape index (κ2) is 5.92. The van der Waals surface area contributed by atoms with E-state index in [1.165, 1.54) is 18.4 Å². The highest BCUT2D eigenvalue weighted by Crippen LogP contribution is 2.25. The Morgan fingerprint density at radius 3 is 2.00 bits per heavy atom. The van der Waals surface area contributed by atoms with Crippen LogP contribution in [0.4, 0.5) is 0 Å². The summed E-state index contributed by atoms with van der Waals surface area (Å²) in [5.41, 5.74) is 2.27. The third-order valence-electron chi connectivity index (χ3n) is 4.76. The van der Waals surface area contributed by atoms with Crippen LogP contribution in [0.25, 0.3) is 0 Å². The molecular formula is C19H29NO. The zero-order valence-corrected chi connectivity index (χ0v) is 14.2. The third-order valence-corrected chi connectivity index (χ3v) is 4.76. The molecule has 0 saturated carbocycles. The summed E-state index contributed by atoms with van der Waals surface area (Å²) in [6.45, 7) is 12.9. The molecule has 0 bridgehead atoms. The number of benzene rings is 1. The van der Waals surface area contributed by atoms with Gasteiger partial charge in [-0.1, -0.05) is 45.0 Å². The Balaban J connectivity index is 2.05. The van der Waals surface area contributed by atoms with E-state index < -0.39 is 0 Å². The molecule has 1 aliphatic heterocycles. The average molecular weight is 287 g/mol. The van der Waals surface area contributed by atoms with E-state index in [-0.39, 0.29) is 11.0 Å². The summed E-state index contributed by atoms with van der Waals surface area (Å²) in [5.74, 6) is 0.327. The molecule has 21 heavy (non-hydrogen) atoms. The van der Waals surface area contributed by atoms with E-state index in [1.807, 2.05) is 0 Å². The SMILES string of the molecule is CC(C)(C)c1ccc(CC(=O)C(C)(C)N2CCCC2)cc1. The first-order valence-electron chi connectivity index (χ1n) is 8.09. The van der Waals surface area contributed by atoms with Crippen molar-refractivity contribution in [2.75, 3.05) is 13.1 Å². The van der Waals surface area contributed by atoms with Crippen molar-refractivity contribution in [3.05, 3.63) is 35.4 Å². The van der Waals surface area contributed by atoms with Gasteiger partial charge in [-0.25, -0.2) is 0 Å². The average Bonchev–Trinajstić information content (AvgIpc) is 2.92. The number of likely N-dealkylation sites (tertiary alicyclic amines) is 1. The fourth-order valence-corrected chi connectivity index (χ4v) is 2.98.